The Morgan fingerprint density at radius 2 is 2.20 bits per heavy atom. The van der Waals surface area contributed by atoms with E-state index in [1.54, 1.807) is 0 Å². The summed E-state index contributed by atoms with van der Waals surface area (Å²) < 4.78 is 5.50. The van der Waals surface area contributed by atoms with Gasteiger partial charge in [0.2, 0.25) is 0 Å². The minimum absolute atomic E-state index is 0.0966. The lowest BCUT2D eigenvalue weighted by Crippen LogP contribution is -2.59. The zero-order valence-corrected chi connectivity index (χ0v) is 10.6. The third kappa shape index (κ3) is 2.52. The van der Waals surface area contributed by atoms with E-state index in [-0.39, 0.29) is 5.54 Å². The first-order chi connectivity index (χ1) is 7.06. The molecule has 0 aromatic heterocycles. The van der Waals surface area contributed by atoms with Crippen molar-refractivity contribution in [1.29, 1.82) is 0 Å². The molecule has 0 spiro atoms. The molecule has 0 radical (unpaired) electrons. The van der Waals surface area contributed by atoms with Crippen molar-refractivity contribution in [3.05, 3.63) is 0 Å². The van der Waals surface area contributed by atoms with Crippen LogP contribution in [0.1, 0.15) is 34.1 Å². The van der Waals surface area contributed by atoms with Gasteiger partial charge in [-0.3, -0.25) is 4.90 Å². The second-order valence-corrected chi connectivity index (χ2v) is 5.00. The summed E-state index contributed by atoms with van der Waals surface area (Å²) in [4.78, 5) is 2.51. The fourth-order valence-corrected chi connectivity index (χ4v) is 2.86. The Kier molecular flexibility index (Phi) is 4.56. The first-order valence-corrected chi connectivity index (χ1v) is 6.10. The maximum Gasteiger partial charge on any atom is 0.0513 e. The molecule has 2 unspecified atom stereocenters. The average molecular weight is 214 g/mol. The fraction of sp³-hybridized carbons (Fsp3) is 1.00. The Balaban J connectivity index is 2.80. The molecule has 1 heterocycles. The standard InChI is InChI=1S/C12H26N2O/c1-5-14(10(2)3)12(4,9-13)11-6-7-15-8-11/h10-11H,5-9,13H2,1-4H3. The number of nitrogens with two attached hydrogens (primary N) is 1. The van der Waals surface area contributed by atoms with Gasteiger partial charge in [-0.2, -0.15) is 0 Å². The number of rotatable bonds is 5. The van der Waals surface area contributed by atoms with Crippen molar-refractivity contribution in [3.8, 4) is 0 Å². The van der Waals surface area contributed by atoms with Crippen molar-refractivity contribution in [2.45, 2.75) is 45.7 Å². The summed E-state index contributed by atoms with van der Waals surface area (Å²) in [6.45, 7) is 12.5. The second kappa shape index (κ2) is 5.28. The van der Waals surface area contributed by atoms with Crippen LogP contribution in [-0.4, -0.2) is 42.8 Å². The molecule has 0 aromatic carbocycles. The Morgan fingerprint density at radius 1 is 1.53 bits per heavy atom. The van der Waals surface area contributed by atoms with E-state index in [4.69, 9.17) is 10.5 Å². The highest BCUT2D eigenvalue weighted by atomic mass is 16.5. The van der Waals surface area contributed by atoms with Gasteiger partial charge in [0.25, 0.3) is 0 Å². The molecule has 2 atom stereocenters. The van der Waals surface area contributed by atoms with Crippen LogP contribution in [0, 0.1) is 5.92 Å². The van der Waals surface area contributed by atoms with Crippen LogP contribution in [0.3, 0.4) is 0 Å². The van der Waals surface area contributed by atoms with Gasteiger partial charge in [-0.05, 0) is 33.7 Å². The molecule has 1 fully saturated rings. The number of hydrogen-bond donors (Lipinski definition) is 1. The van der Waals surface area contributed by atoms with Gasteiger partial charge in [0.05, 0.1) is 6.61 Å². The normalized spacial score (nSPS) is 26.2. The van der Waals surface area contributed by atoms with Gasteiger partial charge in [0.15, 0.2) is 0 Å². The largest absolute Gasteiger partial charge is 0.381 e. The molecule has 0 bridgehead atoms. The summed E-state index contributed by atoms with van der Waals surface area (Å²) in [5.41, 5.74) is 6.10. The Bertz CT molecular complexity index is 190. The molecule has 1 rings (SSSR count). The average Bonchev–Trinajstić information content (AvgIpc) is 2.71. The molecule has 0 aromatic rings. The molecule has 3 nitrogen and oxygen atoms in total. The number of nitrogens with zero attached hydrogens (tertiary/aromatic N) is 1. The molecule has 1 saturated heterocycles. The number of ether oxygens (including phenoxy) is 1. The lowest BCUT2D eigenvalue weighted by molar-refractivity contribution is 0.0256. The first kappa shape index (κ1) is 12.9. The van der Waals surface area contributed by atoms with Crippen LogP contribution >= 0.6 is 0 Å². The zero-order chi connectivity index (χ0) is 11.5. The van der Waals surface area contributed by atoms with Crippen LogP contribution in [0.5, 0.6) is 0 Å². The molecule has 0 aliphatic carbocycles. The highest BCUT2D eigenvalue weighted by Gasteiger charge is 2.40. The first-order valence-electron chi connectivity index (χ1n) is 6.10. The Labute approximate surface area is 94.0 Å². The molecule has 15 heavy (non-hydrogen) atoms. The van der Waals surface area contributed by atoms with Crippen LogP contribution in [0.4, 0.5) is 0 Å². The molecule has 1 aliphatic rings. The van der Waals surface area contributed by atoms with Crippen molar-refractivity contribution in [1.82, 2.24) is 4.90 Å². The minimum Gasteiger partial charge on any atom is -0.381 e. The zero-order valence-electron chi connectivity index (χ0n) is 10.6. The lowest BCUT2D eigenvalue weighted by atomic mass is 9.82. The van der Waals surface area contributed by atoms with E-state index in [9.17, 15) is 0 Å². The predicted molar refractivity (Wildman–Crippen MR) is 63.9 cm³/mol. The van der Waals surface area contributed by atoms with Crippen molar-refractivity contribution < 1.29 is 4.74 Å². The van der Waals surface area contributed by atoms with Crippen LogP contribution in [-0.2, 0) is 4.74 Å². The molecule has 2 N–H and O–H groups in total. The third-order valence-corrected chi connectivity index (χ3v) is 3.84. The Hall–Kier alpha value is -0.120. The van der Waals surface area contributed by atoms with Crippen molar-refractivity contribution in [2.24, 2.45) is 11.7 Å². The van der Waals surface area contributed by atoms with E-state index < -0.39 is 0 Å². The van der Waals surface area contributed by atoms with Crippen LogP contribution in [0.2, 0.25) is 0 Å². The molecule has 1 aliphatic heterocycles. The van der Waals surface area contributed by atoms with Gasteiger partial charge in [-0.15, -0.1) is 0 Å². The molecule has 90 valence electrons. The smallest absolute Gasteiger partial charge is 0.0513 e. The SMILES string of the molecule is CCN(C(C)C)C(C)(CN)C1CCOC1. The van der Waals surface area contributed by atoms with Crippen LogP contribution < -0.4 is 5.73 Å². The molecular weight excluding hydrogens is 188 g/mol. The van der Waals surface area contributed by atoms with Crippen LogP contribution in [0.25, 0.3) is 0 Å². The highest BCUT2D eigenvalue weighted by Crippen LogP contribution is 2.31. The van der Waals surface area contributed by atoms with Gasteiger partial charge < -0.3 is 10.5 Å². The van der Waals surface area contributed by atoms with Crippen molar-refractivity contribution in [3.63, 3.8) is 0 Å². The summed E-state index contributed by atoms with van der Waals surface area (Å²) in [6.07, 6.45) is 1.15. The van der Waals surface area contributed by atoms with Gasteiger partial charge in [-0.25, -0.2) is 0 Å². The molecular formula is C12H26N2O. The second-order valence-electron chi connectivity index (χ2n) is 5.00. The Morgan fingerprint density at radius 3 is 2.53 bits per heavy atom. The van der Waals surface area contributed by atoms with E-state index in [1.165, 1.54) is 0 Å². The summed E-state index contributed by atoms with van der Waals surface area (Å²) in [5, 5.41) is 0. The summed E-state index contributed by atoms with van der Waals surface area (Å²) >= 11 is 0. The summed E-state index contributed by atoms with van der Waals surface area (Å²) in [6, 6.07) is 0.546. The third-order valence-electron chi connectivity index (χ3n) is 3.84. The monoisotopic (exact) mass is 214 g/mol. The minimum atomic E-state index is 0.0966. The molecule has 3 heteroatoms. The molecule has 0 amide bonds. The highest BCUT2D eigenvalue weighted by molar-refractivity contribution is 4.96. The van der Waals surface area contributed by atoms with Crippen molar-refractivity contribution in [2.75, 3.05) is 26.3 Å². The van der Waals surface area contributed by atoms with Gasteiger partial charge in [0.1, 0.15) is 0 Å². The summed E-state index contributed by atoms with van der Waals surface area (Å²) in [5.74, 6) is 0.588. The maximum absolute atomic E-state index is 6.00. The van der Waals surface area contributed by atoms with E-state index in [2.05, 4.69) is 32.6 Å². The fourth-order valence-electron chi connectivity index (χ4n) is 2.86. The van der Waals surface area contributed by atoms with Crippen molar-refractivity contribution >= 4 is 0 Å². The lowest BCUT2D eigenvalue weighted by Gasteiger charge is -2.46. The van der Waals surface area contributed by atoms with Crippen LogP contribution in [0.15, 0.2) is 0 Å². The van der Waals surface area contributed by atoms with Gasteiger partial charge in [0, 0.05) is 30.7 Å². The predicted octanol–water partition coefficient (Wildman–Crippen LogP) is 1.47. The van der Waals surface area contributed by atoms with Gasteiger partial charge in [-0.1, -0.05) is 6.92 Å². The van der Waals surface area contributed by atoms with E-state index in [1.807, 2.05) is 0 Å². The quantitative estimate of drug-likeness (QED) is 0.753. The maximum atomic E-state index is 6.00. The molecule has 0 saturated carbocycles. The van der Waals surface area contributed by atoms with E-state index in [0.29, 0.717) is 18.5 Å². The number of hydrogen-bond acceptors (Lipinski definition) is 3. The number of likely N-dealkylation sites (N-methyl/N-ethyl adjacent to an activating group) is 1. The van der Waals surface area contributed by atoms with E-state index >= 15 is 0 Å². The topological polar surface area (TPSA) is 38.5 Å². The van der Waals surface area contributed by atoms with E-state index in [0.717, 1.165) is 26.2 Å². The summed E-state index contributed by atoms with van der Waals surface area (Å²) in [7, 11) is 0. The van der Waals surface area contributed by atoms with Gasteiger partial charge >= 0.3 is 0 Å².